The highest BCUT2D eigenvalue weighted by Crippen LogP contribution is 2.30. The molecule has 2 aromatic heterocycles. The fraction of sp³-hybridized carbons (Fsp3) is 0.346. The van der Waals surface area contributed by atoms with Crippen LogP contribution in [-0.4, -0.2) is 52.8 Å². The molecule has 6 heteroatoms. The number of hydrogen-bond donors (Lipinski definition) is 0. The van der Waals surface area contributed by atoms with Gasteiger partial charge in [-0.05, 0) is 60.0 Å². The highest BCUT2D eigenvalue weighted by molar-refractivity contribution is 7.13. The number of rotatable bonds is 7. The predicted octanol–water partition coefficient (Wildman–Crippen LogP) is 4.29. The van der Waals surface area contributed by atoms with Crippen LogP contribution in [0.3, 0.4) is 0 Å². The van der Waals surface area contributed by atoms with Gasteiger partial charge in [0.2, 0.25) is 11.8 Å². The Morgan fingerprint density at radius 2 is 1.91 bits per heavy atom. The zero-order valence-corrected chi connectivity index (χ0v) is 19.3. The average molecular weight is 448 g/mol. The molecule has 0 bridgehead atoms. The number of aromatic nitrogens is 1. The first-order chi connectivity index (χ1) is 15.7. The minimum Gasteiger partial charge on any atom is -0.341 e. The van der Waals surface area contributed by atoms with E-state index in [1.807, 2.05) is 41.0 Å². The molecule has 3 aromatic rings. The summed E-state index contributed by atoms with van der Waals surface area (Å²) in [5.41, 5.74) is 3.45. The number of aryl methyl sites for hydroxylation is 1. The molecule has 5 nitrogen and oxygen atoms in total. The molecule has 1 saturated heterocycles. The normalized spacial score (nSPS) is 16.8. The van der Waals surface area contributed by atoms with Crippen molar-refractivity contribution in [3.05, 3.63) is 77.4 Å². The molecule has 1 aromatic carbocycles. The first-order valence-electron chi connectivity index (χ1n) is 11.2. The van der Waals surface area contributed by atoms with E-state index in [9.17, 15) is 9.59 Å². The third kappa shape index (κ3) is 5.25. The lowest BCUT2D eigenvalue weighted by Gasteiger charge is -2.24. The van der Waals surface area contributed by atoms with Crippen LogP contribution in [0.25, 0.3) is 10.4 Å². The fourth-order valence-electron chi connectivity index (χ4n) is 4.33. The first-order valence-corrected chi connectivity index (χ1v) is 12.1. The Hall–Kier alpha value is -2.99. The van der Waals surface area contributed by atoms with E-state index < -0.39 is 0 Å². The van der Waals surface area contributed by atoms with E-state index in [0.29, 0.717) is 45.4 Å². The summed E-state index contributed by atoms with van der Waals surface area (Å²) < 4.78 is 0. The van der Waals surface area contributed by atoms with E-state index in [4.69, 9.17) is 0 Å². The highest BCUT2D eigenvalue weighted by Gasteiger charge is 2.32. The molecule has 0 spiro atoms. The first kappa shape index (κ1) is 22.2. The molecule has 0 N–H and O–H groups in total. The van der Waals surface area contributed by atoms with Crippen molar-refractivity contribution in [3.8, 4) is 10.4 Å². The van der Waals surface area contributed by atoms with E-state index in [0.717, 1.165) is 11.1 Å². The minimum atomic E-state index is -0.233. The van der Waals surface area contributed by atoms with Crippen molar-refractivity contribution in [1.29, 1.82) is 0 Å². The second-order valence-electron chi connectivity index (χ2n) is 8.15. The third-order valence-electron chi connectivity index (χ3n) is 6.12. The third-order valence-corrected chi connectivity index (χ3v) is 7.03. The average Bonchev–Trinajstić information content (AvgIpc) is 3.32. The second-order valence-corrected chi connectivity index (χ2v) is 9.10. The van der Waals surface area contributed by atoms with Crippen molar-refractivity contribution < 1.29 is 9.59 Å². The number of carbonyl (C=O) groups excluding carboxylic acids is 2. The van der Waals surface area contributed by atoms with Gasteiger partial charge in [0.1, 0.15) is 0 Å². The van der Waals surface area contributed by atoms with Gasteiger partial charge < -0.3 is 9.80 Å². The summed E-state index contributed by atoms with van der Waals surface area (Å²) in [6.45, 7) is 4.34. The summed E-state index contributed by atoms with van der Waals surface area (Å²) in [5, 5.41) is 2.07. The number of carbonyl (C=O) groups is 2. The van der Waals surface area contributed by atoms with Crippen LogP contribution in [0, 0.1) is 5.92 Å². The second kappa shape index (κ2) is 10.6. The van der Waals surface area contributed by atoms with E-state index in [1.165, 1.54) is 10.4 Å². The van der Waals surface area contributed by atoms with Gasteiger partial charge in [-0.15, -0.1) is 11.3 Å². The van der Waals surface area contributed by atoms with Crippen LogP contribution < -0.4 is 0 Å². The quantitative estimate of drug-likeness (QED) is 0.543. The molecule has 2 amide bonds. The van der Waals surface area contributed by atoms with Gasteiger partial charge in [-0.1, -0.05) is 30.3 Å². The molecule has 4 rings (SSSR count). The number of hydrogen-bond acceptors (Lipinski definition) is 4. The molecule has 1 atom stereocenters. The van der Waals surface area contributed by atoms with E-state index in [2.05, 4.69) is 34.6 Å². The van der Waals surface area contributed by atoms with Gasteiger partial charge in [-0.3, -0.25) is 14.6 Å². The molecule has 1 fully saturated rings. The standard InChI is InChI=1S/C26H29N3O2S/c1-2-28-15-16-29(25(30)10-9-20-11-13-27-14-12-20)19-22(26(28)31)18-21-6-3-4-7-23(21)24-8-5-17-32-24/h3-8,11-14,17,22H,2,9-10,15-16,18-19H2,1H3/t22-/m1/s1. The van der Waals surface area contributed by atoms with Crippen molar-refractivity contribution in [2.75, 3.05) is 26.2 Å². The van der Waals surface area contributed by atoms with Crippen LogP contribution >= 0.6 is 11.3 Å². The van der Waals surface area contributed by atoms with Gasteiger partial charge in [0.25, 0.3) is 0 Å². The van der Waals surface area contributed by atoms with Crippen molar-refractivity contribution in [2.45, 2.75) is 26.2 Å². The molecule has 166 valence electrons. The molecular formula is C26H29N3O2S. The Morgan fingerprint density at radius 1 is 1.09 bits per heavy atom. The van der Waals surface area contributed by atoms with Crippen molar-refractivity contribution in [2.24, 2.45) is 5.92 Å². The van der Waals surface area contributed by atoms with Crippen LogP contribution in [0.1, 0.15) is 24.5 Å². The molecule has 1 aliphatic rings. The lowest BCUT2D eigenvalue weighted by atomic mass is 9.93. The maximum absolute atomic E-state index is 13.3. The number of benzene rings is 1. The lowest BCUT2D eigenvalue weighted by Crippen LogP contribution is -2.38. The monoisotopic (exact) mass is 447 g/mol. The Kier molecular flexibility index (Phi) is 7.32. The van der Waals surface area contributed by atoms with Gasteiger partial charge in [-0.2, -0.15) is 0 Å². The zero-order valence-electron chi connectivity index (χ0n) is 18.4. The fourth-order valence-corrected chi connectivity index (χ4v) is 5.12. The number of pyridine rings is 1. The number of amides is 2. The minimum absolute atomic E-state index is 0.115. The summed E-state index contributed by atoms with van der Waals surface area (Å²) in [7, 11) is 0. The van der Waals surface area contributed by atoms with Gasteiger partial charge in [0.05, 0.1) is 5.92 Å². The smallest absolute Gasteiger partial charge is 0.227 e. The predicted molar refractivity (Wildman–Crippen MR) is 128 cm³/mol. The summed E-state index contributed by atoms with van der Waals surface area (Å²) in [4.78, 5) is 35.4. The molecule has 0 saturated carbocycles. The summed E-state index contributed by atoms with van der Waals surface area (Å²) >= 11 is 1.71. The maximum atomic E-state index is 13.3. The molecule has 3 heterocycles. The van der Waals surface area contributed by atoms with Crippen LogP contribution in [-0.2, 0) is 22.4 Å². The van der Waals surface area contributed by atoms with Crippen molar-refractivity contribution >= 4 is 23.2 Å². The molecule has 1 aliphatic heterocycles. The van der Waals surface area contributed by atoms with E-state index >= 15 is 0 Å². The van der Waals surface area contributed by atoms with Crippen LogP contribution in [0.15, 0.2) is 66.3 Å². The van der Waals surface area contributed by atoms with Crippen molar-refractivity contribution in [3.63, 3.8) is 0 Å². The Bertz CT molecular complexity index is 1040. The number of likely N-dealkylation sites (N-methyl/N-ethyl adjacent to an activating group) is 1. The van der Waals surface area contributed by atoms with Crippen LogP contribution in [0.5, 0.6) is 0 Å². The Balaban J connectivity index is 1.51. The summed E-state index contributed by atoms with van der Waals surface area (Å²) in [5.74, 6) is 0.0328. The van der Waals surface area contributed by atoms with Gasteiger partial charge >= 0.3 is 0 Å². The highest BCUT2D eigenvalue weighted by atomic mass is 32.1. The van der Waals surface area contributed by atoms with Gasteiger partial charge in [0, 0.05) is 49.9 Å². The number of thiophene rings is 1. The molecule has 0 unspecified atom stereocenters. The SMILES string of the molecule is CCN1CCN(C(=O)CCc2ccncc2)C[C@@H](Cc2ccccc2-c2cccs2)C1=O. The van der Waals surface area contributed by atoms with Crippen LogP contribution in [0.4, 0.5) is 0 Å². The summed E-state index contributed by atoms with van der Waals surface area (Å²) in [6, 6.07) is 16.4. The Morgan fingerprint density at radius 3 is 2.66 bits per heavy atom. The molecule has 0 radical (unpaired) electrons. The number of nitrogens with zero attached hydrogens (tertiary/aromatic N) is 3. The topological polar surface area (TPSA) is 53.5 Å². The van der Waals surface area contributed by atoms with E-state index in [1.54, 1.807) is 23.7 Å². The largest absolute Gasteiger partial charge is 0.341 e. The van der Waals surface area contributed by atoms with Gasteiger partial charge in [0.15, 0.2) is 0 Å². The van der Waals surface area contributed by atoms with Crippen LogP contribution in [0.2, 0.25) is 0 Å². The Labute approximate surface area is 193 Å². The maximum Gasteiger partial charge on any atom is 0.227 e. The van der Waals surface area contributed by atoms with Gasteiger partial charge in [-0.25, -0.2) is 0 Å². The summed E-state index contributed by atoms with van der Waals surface area (Å²) in [6.07, 6.45) is 5.28. The molecular weight excluding hydrogens is 418 g/mol. The molecule has 0 aliphatic carbocycles. The van der Waals surface area contributed by atoms with E-state index in [-0.39, 0.29) is 17.7 Å². The zero-order chi connectivity index (χ0) is 22.3. The van der Waals surface area contributed by atoms with Crippen molar-refractivity contribution in [1.82, 2.24) is 14.8 Å². The molecule has 32 heavy (non-hydrogen) atoms. The lowest BCUT2D eigenvalue weighted by molar-refractivity contribution is -0.134.